The molecule has 4 heterocycles. The van der Waals surface area contributed by atoms with Crippen LogP contribution in [0.2, 0.25) is 0 Å². The smallest absolute Gasteiger partial charge is 0.343 e. The molecule has 152 valence electrons. The van der Waals surface area contributed by atoms with Gasteiger partial charge in [0, 0.05) is 26.0 Å². The number of allylic oxidation sites excluding steroid dienone is 1. The third-order valence-corrected chi connectivity index (χ3v) is 6.56. The number of anilines is 1. The molecule has 0 radical (unpaired) electrons. The van der Waals surface area contributed by atoms with Crippen LogP contribution in [-0.4, -0.2) is 27.3 Å². The molecule has 3 aliphatic rings. The summed E-state index contributed by atoms with van der Waals surface area (Å²) in [5, 5.41) is 13.6. The van der Waals surface area contributed by atoms with Crippen LogP contribution in [0, 0.1) is 3.57 Å². The molecule has 0 saturated heterocycles. The Morgan fingerprint density at radius 2 is 2.00 bits per heavy atom. The number of ether oxygens (including phenoxy) is 1. The van der Waals surface area contributed by atoms with E-state index >= 15 is 0 Å². The van der Waals surface area contributed by atoms with Crippen LogP contribution < -0.4 is 10.9 Å². The van der Waals surface area contributed by atoms with Crippen molar-refractivity contribution in [2.24, 2.45) is 0 Å². The van der Waals surface area contributed by atoms with Gasteiger partial charge in [0.25, 0.3) is 11.5 Å². The first kappa shape index (κ1) is 19.2. The molecule has 0 bridgehead atoms. The lowest BCUT2D eigenvalue weighted by molar-refractivity contribution is -0.172. The van der Waals surface area contributed by atoms with Gasteiger partial charge in [-0.1, -0.05) is 6.92 Å². The van der Waals surface area contributed by atoms with E-state index in [2.05, 4.69) is 27.9 Å². The number of esters is 1. The number of halogens is 1. The van der Waals surface area contributed by atoms with E-state index in [9.17, 15) is 24.3 Å². The standard InChI is InChI=1S/C21H15IN2O6/c1-2-21(29)13-6-15-17(25)11(7-24(15)19(27)12(13)8-30-20(21)28)16-10-5-9(22)3-4-14(10)23-18(16)26/h3-6,29H,2,7-8H2,1H3,(H,23,26)/b16-11+/t21-/m1/s1. The van der Waals surface area contributed by atoms with Crippen LogP contribution in [0.15, 0.2) is 34.6 Å². The zero-order valence-electron chi connectivity index (χ0n) is 15.7. The Balaban J connectivity index is 1.73. The molecular formula is C21H15IN2O6. The normalized spacial score (nSPS) is 24.3. The number of hydrogen-bond acceptors (Lipinski definition) is 6. The third-order valence-electron chi connectivity index (χ3n) is 5.89. The first-order chi connectivity index (χ1) is 14.3. The molecule has 0 saturated carbocycles. The molecule has 0 spiro atoms. The number of aliphatic hydroxyl groups is 1. The zero-order chi connectivity index (χ0) is 21.4. The summed E-state index contributed by atoms with van der Waals surface area (Å²) >= 11 is 2.12. The number of aromatic nitrogens is 1. The number of rotatable bonds is 1. The van der Waals surface area contributed by atoms with Crippen molar-refractivity contribution in [3.05, 3.63) is 66.1 Å². The van der Waals surface area contributed by atoms with Crippen molar-refractivity contribution in [1.82, 2.24) is 4.57 Å². The van der Waals surface area contributed by atoms with Crippen molar-refractivity contribution in [2.75, 3.05) is 5.32 Å². The fourth-order valence-corrected chi connectivity index (χ4v) is 4.75. The summed E-state index contributed by atoms with van der Waals surface area (Å²) in [4.78, 5) is 51.1. The maximum atomic E-state index is 13.2. The fourth-order valence-electron chi connectivity index (χ4n) is 4.26. The van der Waals surface area contributed by atoms with Crippen molar-refractivity contribution in [3.63, 3.8) is 0 Å². The first-order valence-corrected chi connectivity index (χ1v) is 10.4. The van der Waals surface area contributed by atoms with E-state index in [1.807, 2.05) is 12.1 Å². The highest BCUT2D eigenvalue weighted by Gasteiger charge is 2.46. The van der Waals surface area contributed by atoms with Gasteiger partial charge in [0.2, 0.25) is 5.78 Å². The van der Waals surface area contributed by atoms with Crippen LogP contribution in [-0.2, 0) is 33.1 Å². The van der Waals surface area contributed by atoms with Crippen molar-refractivity contribution in [3.8, 4) is 0 Å². The largest absolute Gasteiger partial charge is 0.458 e. The van der Waals surface area contributed by atoms with Gasteiger partial charge in [-0.3, -0.25) is 14.4 Å². The molecule has 0 aliphatic carbocycles. The molecule has 5 rings (SSSR count). The Hall–Kier alpha value is -2.79. The van der Waals surface area contributed by atoms with Crippen LogP contribution in [0.5, 0.6) is 0 Å². The summed E-state index contributed by atoms with van der Waals surface area (Å²) in [6.07, 6.45) is -0.00190. The molecule has 1 amide bonds. The predicted octanol–water partition coefficient (Wildman–Crippen LogP) is 1.71. The van der Waals surface area contributed by atoms with Gasteiger partial charge in [0.1, 0.15) is 6.61 Å². The van der Waals surface area contributed by atoms with Crippen LogP contribution in [0.1, 0.15) is 40.5 Å². The highest BCUT2D eigenvalue weighted by molar-refractivity contribution is 14.1. The van der Waals surface area contributed by atoms with Gasteiger partial charge in [0.05, 0.1) is 23.4 Å². The summed E-state index contributed by atoms with van der Waals surface area (Å²) in [5.74, 6) is -1.71. The SMILES string of the molecule is CC[C@]1(O)C(=O)OCc2c1cc1n(c2=O)C/C(=C2\C(=O)Nc3ccc(I)cc32)C1=O. The van der Waals surface area contributed by atoms with Crippen molar-refractivity contribution in [2.45, 2.75) is 32.1 Å². The Morgan fingerprint density at radius 3 is 2.73 bits per heavy atom. The molecular weight excluding hydrogens is 503 g/mol. The number of carbonyl (C=O) groups is 3. The maximum absolute atomic E-state index is 13.2. The molecule has 2 N–H and O–H groups in total. The molecule has 1 aromatic carbocycles. The number of hydrogen-bond donors (Lipinski definition) is 2. The van der Waals surface area contributed by atoms with Gasteiger partial charge >= 0.3 is 5.97 Å². The van der Waals surface area contributed by atoms with E-state index < -0.39 is 28.8 Å². The number of pyridine rings is 1. The number of Topliss-reactive ketones (excluding diaryl/α,β-unsaturated/α-hetero) is 1. The molecule has 0 fully saturated rings. The second-order valence-corrected chi connectivity index (χ2v) is 8.68. The summed E-state index contributed by atoms with van der Waals surface area (Å²) in [5.41, 5.74) is -0.515. The van der Waals surface area contributed by atoms with Gasteiger partial charge in [-0.15, -0.1) is 0 Å². The summed E-state index contributed by atoms with van der Waals surface area (Å²) in [7, 11) is 0. The topological polar surface area (TPSA) is 115 Å². The average Bonchev–Trinajstić information content (AvgIpc) is 3.21. The van der Waals surface area contributed by atoms with Crippen LogP contribution in [0.4, 0.5) is 5.69 Å². The van der Waals surface area contributed by atoms with Gasteiger partial charge in [-0.2, -0.15) is 0 Å². The third kappa shape index (κ3) is 2.42. The number of ketones is 1. The molecule has 0 unspecified atom stereocenters. The minimum Gasteiger partial charge on any atom is -0.458 e. The van der Waals surface area contributed by atoms with E-state index in [-0.39, 0.29) is 47.5 Å². The van der Waals surface area contributed by atoms with Gasteiger partial charge in [0.15, 0.2) is 5.60 Å². The zero-order valence-corrected chi connectivity index (χ0v) is 17.9. The number of amides is 1. The minimum atomic E-state index is -1.98. The fraction of sp³-hybridized carbons (Fsp3) is 0.238. The molecule has 1 atom stereocenters. The molecule has 30 heavy (non-hydrogen) atoms. The second-order valence-electron chi connectivity index (χ2n) is 7.43. The maximum Gasteiger partial charge on any atom is 0.343 e. The van der Waals surface area contributed by atoms with Gasteiger partial charge in [-0.25, -0.2) is 4.79 Å². The van der Waals surface area contributed by atoms with E-state index in [1.54, 1.807) is 13.0 Å². The Labute approximate surface area is 183 Å². The first-order valence-electron chi connectivity index (χ1n) is 9.32. The van der Waals surface area contributed by atoms with Gasteiger partial charge in [-0.05, 0) is 53.3 Å². The van der Waals surface area contributed by atoms with Crippen LogP contribution in [0.25, 0.3) is 5.57 Å². The van der Waals surface area contributed by atoms with Crippen molar-refractivity contribution < 1.29 is 24.2 Å². The highest BCUT2D eigenvalue weighted by Crippen LogP contribution is 2.39. The lowest BCUT2D eigenvalue weighted by Gasteiger charge is -2.31. The molecule has 8 nitrogen and oxygen atoms in total. The number of nitrogens with zero attached hydrogens (tertiary/aromatic N) is 1. The van der Waals surface area contributed by atoms with Crippen molar-refractivity contribution in [1.29, 1.82) is 0 Å². The van der Waals surface area contributed by atoms with E-state index in [0.29, 0.717) is 11.3 Å². The van der Waals surface area contributed by atoms with E-state index in [4.69, 9.17) is 4.74 Å². The summed E-state index contributed by atoms with van der Waals surface area (Å²) in [6, 6.07) is 6.81. The number of nitrogens with one attached hydrogen (secondary N) is 1. The Bertz CT molecular complexity index is 1290. The van der Waals surface area contributed by atoms with Crippen LogP contribution in [0.3, 0.4) is 0 Å². The summed E-state index contributed by atoms with van der Waals surface area (Å²) in [6.45, 7) is 1.27. The minimum absolute atomic E-state index is 0.00190. The average molecular weight is 518 g/mol. The lowest BCUT2D eigenvalue weighted by Crippen LogP contribution is -2.44. The van der Waals surface area contributed by atoms with E-state index in [1.165, 1.54) is 10.6 Å². The monoisotopic (exact) mass is 518 g/mol. The quantitative estimate of drug-likeness (QED) is 0.338. The molecule has 3 aliphatic heterocycles. The Morgan fingerprint density at radius 1 is 1.23 bits per heavy atom. The molecule has 9 heteroatoms. The molecule has 2 aromatic rings. The number of cyclic esters (lactones) is 1. The number of carbonyl (C=O) groups excluding carboxylic acids is 3. The van der Waals surface area contributed by atoms with E-state index in [0.717, 1.165) is 3.57 Å². The second kappa shape index (κ2) is 6.35. The number of fused-ring (bicyclic) bond motifs is 3. The summed E-state index contributed by atoms with van der Waals surface area (Å²) < 4.78 is 7.20. The van der Waals surface area contributed by atoms with Gasteiger partial charge < -0.3 is 19.7 Å². The lowest BCUT2D eigenvalue weighted by atomic mass is 9.86. The Kier molecular flexibility index (Phi) is 4.06. The highest BCUT2D eigenvalue weighted by atomic mass is 127. The molecule has 1 aromatic heterocycles. The number of benzene rings is 1. The predicted molar refractivity (Wildman–Crippen MR) is 114 cm³/mol. The van der Waals surface area contributed by atoms with Crippen molar-refractivity contribution >= 4 is 51.5 Å². The van der Waals surface area contributed by atoms with Crippen LogP contribution >= 0.6 is 22.6 Å².